The second-order valence-electron chi connectivity index (χ2n) is 7.84. The van der Waals surface area contributed by atoms with Crippen LogP contribution in [0.25, 0.3) is 0 Å². The van der Waals surface area contributed by atoms with Gasteiger partial charge in [0, 0.05) is 48.9 Å². The van der Waals surface area contributed by atoms with Crippen molar-refractivity contribution >= 4 is 5.69 Å². The van der Waals surface area contributed by atoms with Gasteiger partial charge in [-0.3, -0.25) is 4.79 Å². The highest BCUT2D eigenvalue weighted by atomic mass is 19.4. The summed E-state index contributed by atoms with van der Waals surface area (Å²) in [7, 11) is 4.44. The van der Waals surface area contributed by atoms with Crippen LogP contribution in [0.3, 0.4) is 0 Å². The van der Waals surface area contributed by atoms with E-state index in [1.165, 1.54) is 19.1 Å². The minimum Gasteiger partial charge on any atom is -0.493 e. The standard InChI is InChI=1S/C21H23F5N2O3/c1-9-15(11-6-7-12(22)16(23)18(11)30-5)19(31-20(9)21(24,25)26)13-8-14(29)17(28(3)4)10(2)27-13/h6-9,15,19-20H,1-5H3,(H,27,29)/t9-,15-,19-,20+/m0/s1. The topological polar surface area (TPSA) is 54.6 Å². The van der Waals surface area contributed by atoms with Crippen LogP contribution in [0.2, 0.25) is 0 Å². The molecule has 3 rings (SSSR count). The molecular formula is C21H23F5N2O3. The van der Waals surface area contributed by atoms with Crippen LogP contribution in [0.1, 0.15) is 35.9 Å². The average Bonchev–Trinajstić information content (AvgIpc) is 3.00. The molecule has 0 spiro atoms. The number of rotatable bonds is 4. The summed E-state index contributed by atoms with van der Waals surface area (Å²) in [5.41, 5.74) is 0.530. The lowest BCUT2D eigenvalue weighted by molar-refractivity contribution is -0.223. The maximum absolute atomic E-state index is 14.3. The molecule has 1 aliphatic rings. The van der Waals surface area contributed by atoms with Gasteiger partial charge in [0.25, 0.3) is 0 Å². The van der Waals surface area contributed by atoms with E-state index >= 15 is 0 Å². The summed E-state index contributed by atoms with van der Waals surface area (Å²) in [5, 5.41) is 0. The lowest BCUT2D eigenvalue weighted by Crippen LogP contribution is -2.33. The Hall–Kier alpha value is -2.62. The van der Waals surface area contributed by atoms with E-state index in [4.69, 9.17) is 9.47 Å². The Balaban J connectivity index is 2.21. The molecule has 1 N–H and O–H groups in total. The molecule has 1 aromatic carbocycles. The molecule has 0 aliphatic carbocycles. The van der Waals surface area contributed by atoms with E-state index in [-0.39, 0.29) is 11.3 Å². The van der Waals surface area contributed by atoms with Crippen molar-refractivity contribution < 1.29 is 31.4 Å². The predicted molar refractivity (Wildman–Crippen MR) is 105 cm³/mol. The molecule has 2 aromatic rings. The van der Waals surface area contributed by atoms with E-state index in [1.807, 2.05) is 0 Å². The third kappa shape index (κ3) is 4.00. The predicted octanol–water partition coefficient (Wildman–Crippen LogP) is 4.46. The highest BCUT2D eigenvalue weighted by Gasteiger charge is 2.56. The van der Waals surface area contributed by atoms with E-state index in [9.17, 15) is 26.7 Å². The second kappa shape index (κ2) is 8.14. The maximum atomic E-state index is 14.3. The smallest absolute Gasteiger partial charge is 0.414 e. The first kappa shape index (κ1) is 23.1. The van der Waals surface area contributed by atoms with Gasteiger partial charge in [-0.2, -0.15) is 17.6 Å². The number of methoxy groups -OCH3 is 1. The minimum atomic E-state index is -4.70. The fourth-order valence-electron chi connectivity index (χ4n) is 4.35. The molecule has 1 saturated heterocycles. The Morgan fingerprint density at radius 2 is 1.84 bits per heavy atom. The van der Waals surface area contributed by atoms with Crippen molar-refractivity contribution in [2.75, 3.05) is 26.1 Å². The summed E-state index contributed by atoms with van der Waals surface area (Å²) in [6, 6.07) is 3.20. The zero-order chi connectivity index (χ0) is 23.2. The Labute approximate surface area is 175 Å². The van der Waals surface area contributed by atoms with Crippen LogP contribution in [-0.4, -0.2) is 38.5 Å². The molecule has 1 fully saturated rings. The summed E-state index contributed by atoms with van der Waals surface area (Å²) >= 11 is 0. The van der Waals surface area contributed by atoms with Crippen molar-refractivity contribution in [1.29, 1.82) is 0 Å². The highest BCUT2D eigenvalue weighted by molar-refractivity contribution is 5.50. The molecule has 31 heavy (non-hydrogen) atoms. The van der Waals surface area contributed by atoms with E-state index in [0.717, 1.165) is 13.2 Å². The average molecular weight is 446 g/mol. The molecule has 0 amide bonds. The van der Waals surface area contributed by atoms with Crippen LogP contribution in [0.4, 0.5) is 27.6 Å². The zero-order valence-corrected chi connectivity index (χ0v) is 17.6. The van der Waals surface area contributed by atoms with Gasteiger partial charge in [0.2, 0.25) is 11.2 Å². The van der Waals surface area contributed by atoms with Crippen LogP contribution in [0.15, 0.2) is 23.0 Å². The van der Waals surface area contributed by atoms with E-state index < -0.39 is 53.0 Å². The molecule has 0 saturated carbocycles. The number of H-pyrrole nitrogens is 1. The number of aromatic nitrogens is 1. The van der Waals surface area contributed by atoms with Gasteiger partial charge in [0.05, 0.1) is 7.11 Å². The normalized spacial score (nSPS) is 23.8. The summed E-state index contributed by atoms with van der Waals surface area (Å²) in [4.78, 5) is 17.2. The lowest BCUT2D eigenvalue weighted by Gasteiger charge is -2.25. The Morgan fingerprint density at radius 3 is 2.35 bits per heavy atom. The number of aryl methyl sites for hydroxylation is 1. The molecule has 5 nitrogen and oxygen atoms in total. The van der Waals surface area contributed by atoms with E-state index in [0.29, 0.717) is 11.4 Å². The number of nitrogens with one attached hydrogen (secondary N) is 1. The Kier molecular flexibility index (Phi) is 6.05. The first-order chi connectivity index (χ1) is 14.4. The zero-order valence-electron chi connectivity index (χ0n) is 17.6. The molecule has 0 radical (unpaired) electrons. The van der Waals surface area contributed by atoms with E-state index in [2.05, 4.69) is 4.98 Å². The summed E-state index contributed by atoms with van der Waals surface area (Å²) in [6.07, 6.45) is -8.13. The summed E-state index contributed by atoms with van der Waals surface area (Å²) in [5.74, 6) is -5.19. The number of nitrogens with zero attached hydrogens (tertiary/aromatic N) is 1. The van der Waals surface area contributed by atoms with Gasteiger partial charge in [-0.05, 0) is 13.0 Å². The van der Waals surface area contributed by atoms with Gasteiger partial charge < -0.3 is 19.4 Å². The molecule has 0 bridgehead atoms. The number of aromatic amines is 1. The largest absolute Gasteiger partial charge is 0.493 e. The fourth-order valence-corrected chi connectivity index (χ4v) is 4.35. The monoisotopic (exact) mass is 446 g/mol. The number of halogens is 5. The van der Waals surface area contributed by atoms with Gasteiger partial charge in [-0.15, -0.1) is 0 Å². The molecule has 170 valence electrons. The molecule has 10 heteroatoms. The van der Waals surface area contributed by atoms with Crippen molar-refractivity contribution in [3.05, 3.63) is 57.0 Å². The van der Waals surface area contributed by atoms with E-state index in [1.54, 1.807) is 25.9 Å². The number of anilines is 1. The molecule has 2 heterocycles. The van der Waals surface area contributed by atoms with Crippen molar-refractivity contribution in [1.82, 2.24) is 4.98 Å². The number of hydrogen-bond donors (Lipinski definition) is 1. The van der Waals surface area contributed by atoms with Crippen LogP contribution in [0, 0.1) is 24.5 Å². The molecule has 1 aliphatic heterocycles. The number of hydrogen-bond acceptors (Lipinski definition) is 4. The van der Waals surface area contributed by atoms with Gasteiger partial charge in [-0.25, -0.2) is 4.39 Å². The first-order valence-electron chi connectivity index (χ1n) is 9.53. The SMILES string of the molecule is COc1c([C@@H]2[C@H](C)[C@H](C(F)(F)F)O[C@H]2c2cc(=O)c(N(C)C)c(C)[nH]2)ccc(F)c1F. The summed E-state index contributed by atoms with van der Waals surface area (Å²) < 4.78 is 79.5. The third-order valence-electron chi connectivity index (χ3n) is 5.59. The number of pyridine rings is 1. The lowest BCUT2D eigenvalue weighted by atomic mass is 9.81. The fraction of sp³-hybridized carbons (Fsp3) is 0.476. The van der Waals surface area contributed by atoms with Gasteiger partial charge >= 0.3 is 6.18 Å². The van der Waals surface area contributed by atoms with Crippen molar-refractivity contribution in [3.8, 4) is 5.75 Å². The first-order valence-corrected chi connectivity index (χ1v) is 9.53. The van der Waals surface area contributed by atoms with Gasteiger partial charge in [-0.1, -0.05) is 13.0 Å². The quantitative estimate of drug-likeness (QED) is 0.705. The Morgan fingerprint density at radius 1 is 1.19 bits per heavy atom. The number of ether oxygens (including phenoxy) is 2. The molecule has 0 unspecified atom stereocenters. The third-order valence-corrected chi connectivity index (χ3v) is 5.59. The van der Waals surface area contributed by atoms with Crippen molar-refractivity contribution in [2.45, 2.75) is 38.1 Å². The Bertz CT molecular complexity index is 1030. The number of benzene rings is 1. The van der Waals surface area contributed by atoms with Crippen molar-refractivity contribution in [3.63, 3.8) is 0 Å². The van der Waals surface area contributed by atoms with Gasteiger partial charge in [0.15, 0.2) is 17.7 Å². The molecule has 4 atom stereocenters. The number of alkyl halides is 3. The van der Waals surface area contributed by atoms with Gasteiger partial charge in [0.1, 0.15) is 11.8 Å². The minimum absolute atomic E-state index is 0.0286. The van der Waals surface area contributed by atoms with Crippen LogP contribution < -0.4 is 15.1 Å². The second-order valence-corrected chi connectivity index (χ2v) is 7.84. The summed E-state index contributed by atoms with van der Waals surface area (Å²) in [6.45, 7) is 2.94. The van der Waals surface area contributed by atoms with Crippen LogP contribution in [0.5, 0.6) is 5.75 Å². The maximum Gasteiger partial charge on any atom is 0.414 e. The van der Waals surface area contributed by atoms with Crippen LogP contribution >= 0.6 is 0 Å². The van der Waals surface area contributed by atoms with Crippen molar-refractivity contribution in [2.24, 2.45) is 5.92 Å². The molecular weight excluding hydrogens is 423 g/mol. The molecule has 1 aromatic heterocycles. The highest BCUT2D eigenvalue weighted by Crippen LogP contribution is 2.54. The van der Waals surface area contributed by atoms with Crippen LogP contribution in [-0.2, 0) is 4.74 Å².